The molecule has 2 rings (SSSR count). The van der Waals surface area contributed by atoms with Gasteiger partial charge in [0.15, 0.2) is 0 Å². The van der Waals surface area contributed by atoms with Crippen molar-refractivity contribution < 1.29 is 5.11 Å². The van der Waals surface area contributed by atoms with Gasteiger partial charge in [0.1, 0.15) is 0 Å². The number of hydrogen-bond acceptors (Lipinski definition) is 1. The first-order valence-electron chi connectivity index (χ1n) is 5.18. The van der Waals surface area contributed by atoms with Gasteiger partial charge < -0.3 is 5.11 Å². The summed E-state index contributed by atoms with van der Waals surface area (Å²) in [5.41, 5.74) is 0.849. The van der Waals surface area contributed by atoms with Crippen molar-refractivity contribution in [2.45, 2.75) is 38.2 Å². The Morgan fingerprint density at radius 2 is 2.38 bits per heavy atom. The van der Waals surface area contributed by atoms with E-state index in [1.807, 2.05) is 6.92 Å². The maximum Gasteiger partial charge on any atom is 0.0688 e. The van der Waals surface area contributed by atoms with Crippen LogP contribution in [0.25, 0.3) is 0 Å². The van der Waals surface area contributed by atoms with E-state index in [-0.39, 0.29) is 0 Å². The molecule has 0 aromatic heterocycles. The van der Waals surface area contributed by atoms with Gasteiger partial charge >= 0.3 is 0 Å². The molecule has 1 saturated carbocycles. The zero-order valence-electron chi connectivity index (χ0n) is 8.29. The molecule has 2 aliphatic rings. The fourth-order valence-corrected chi connectivity index (χ4v) is 2.72. The van der Waals surface area contributed by atoms with Crippen molar-refractivity contribution in [2.75, 3.05) is 0 Å². The number of fused-ring (bicyclic) bond motifs is 1. The van der Waals surface area contributed by atoms with Gasteiger partial charge in [0.05, 0.1) is 5.60 Å². The van der Waals surface area contributed by atoms with Crippen molar-refractivity contribution in [2.24, 2.45) is 11.8 Å². The molecule has 0 aromatic carbocycles. The molecule has 1 heteroatoms. The molecule has 2 aliphatic carbocycles. The van der Waals surface area contributed by atoms with Gasteiger partial charge in [0, 0.05) is 5.92 Å². The second-order valence-corrected chi connectivity index (χ2v) is 4.65. The molecule has 0 heterocycles. The summed E-state index contributed by atoms with van der Waals surface area (Å²) in [6.45, 7) is 6.09. The summed E-state index contributed by atoms with van der Waals surface area (Å²) in [4.78, 5) is 0. The Morgan fingerprint density at radius 3 is 3.15 bits per heavy atom. The lowest BCUT2D eigenvalue weighted by Gasteiger charge is -2.26. The van der Waals surface area contributed by atoms with E-state index in [1.165, 1.54) is 5.57 Å². The van der Waals surface area contributed by atoms with Gasteiger partial charge in [-0.2, -0.15) is 0 Å². The monoisotopic (exact) mass is 178 g/mol. The lowest BCUT2D eigenvalue weighted by molar-refractivity contribution is 0.0333. The standard InChI is InChI=1S/C12H18O/c1-9-5-3-4-6-11-10(9)7-8-12(11,2)13/h4,6,10-11,13H,1,3,5,7-8H2,2H3/t10-,11-,12+/m1/s1. The van der Waals surface area contributed by atoms with Gasteiger partial charge in [0.25, 0.3) is 0 Å². The molecule has 0 unspecified atom stereocenters. The second kappa shape index (κ2) is 2.98. The quantitative estimate of drug-likeness (QED) is 0.565. The Bertz CT molecular complexity index is 250. The van der Waals surface area contributed by atoms with Gasteiger partial charge in [-0.1, -0.05) is 24.3 Å². The Balaban J connectivity index is 2.28. The van der Waals surface area contributed by atoms with Crippen LogP contribution in [-0.2, 0) is 0 Å². The van der Waals surface area contributed by atoms with E-state index in [2.05, 4.69) is 18.7 Å². The summed E-state index contributed by atoms with van der Waals surface area (Å²) < 4.78 is 0. The number of rotatable bonds is 0. The first-order chi connectivity index (χ1) is 6.11. The maximum absolute atomic E-state index is 10.1. The topological polar surface area (TPSA) is 20.2 Å². The van der Waals surface area contributed by atoms with E-state index >= 15 is 0 Å². The maximum atomic E-state index is 10.1. The van der Waals surface area contributed by atoms with Crippen molar-refractivity contribution in [1.82, 2.24) is 0 Å². The van der Waals surface area contributed by atoms with Crippen molar-refractivity contribution >= 4 is 0 Å². The highest BCUT2D eigenvalue weighted by molar-refractivity contribution is 5.18. The molecule has 72 valence electrons. The average Bonchev–Trinajstić information content (AvgIpc) is 2.26. The average molecular weight is 178 g/mol. The molecule has 0 spiro atoms. The van der Waals surface area contributed by atoms with E-state index in [4.69, 9.17) is 0 Å². The smallest absolute Gasteiger partial charge is 0.0688 e. The van der Waals surface area contributed by atoms with Crippen LogP contribution in [0.2, 0.25) is 0 Å². The molecule has 0 saturated heterocycles. The predicted octanol–water partition coefficient (Wildman–Crippen LogP) is 2.67. The summed E-state index contributed by atoms with van der Waals surface area (Å²) in [6, 6.07) is 0. The molecular formula is C12H18O. The first-order valence-corrected chi connectivity index (χ1v) is 5.18. The van der Waals surface area contributed by atoms with Crippen LogP contribution >= 0.6 is 0 Å². The molecule has 0 amide bonds. The molecule has 1 fully saturated rings. The van der Waals surface area contributed by atoms with Crippen LogP contribution in [-0.4, -0.2) is 10.7 Å². The fraction of sp³-hybridized carbons (Fsp3) is 0.667. The minimum absolute atomic E-state index is 0.322. The van der Waals surface area contributed by atoms with Crippen LogP contribution in [0.15, 0.2) is 24.3 Å². The zero-order chi connectivity index (χ0) is 9.47. The van der Waals surface area contributed by atoms with Gasteiger partial charge in [-0.25, -0.2) is 0 Å². The van der Waals surface area contributed by atoms with Gasteiger partial charge in [0.2, 0.25) is 0 Å². The molecule has 1 nitrogen and oxygen atoms in total. The Labute approximate surface area is 80.2 Å². The van der Waals surface area contributed by atoms with Crippen molar-refractivity contribution in [3.05, 3.63) is 24.3 Å². The molecular weight excluding hydrogens is 160 g/mol. The molecule has 0 aliphatic heterocycles. The third-order valence-corrected chi connectivity index (χ3v) is 3.61. The van der Waals surface area contributed by atoms with E-state index in [0.717, 1.165) is 25.7 Å². The largest absolute Gasteiger partial charge is 0.390 e. The van der Waals surface area contributed by atoms with Crippen LogP contribution in [0.5, 0.6) is 0 Å². The summed E-state index contributed by atoms with van der Waals surface area (Å²) in [6.07, 6.45) is 8.65. The Hall–Kier alpha value is -0.560. The normalized spacial score (nSPS) is 44.6. The minimum Gasteiger partial charge on any atom is -0.390 e. The summed E-state index contributed by atoms with van der Waals surface area (Å²) in [7, 11) is 0. The Kier molecular flexibility index (Phi) is 2.07. The Morgan fingerprint density at radius 1 is 1.62 bits per heavy atom. The minimum atomic E-state index is -0.492. The summed E-state index contributed by atoms with van der Waals surface area (Å²) in [5.74, 6) is 0.858. The molecule has 0 radical (unpaired) electrons. The van der Waals surface area contributed by atoms with Crippen LogP contribution in [0, 0.1) is 11.8 Å². The fourth-order valence-electron chi connectivity index (χ4n) is 2.72. The van der Waals surface area contributed by atoms with Crippen LogP contribution < -0.4 is 0 Å². The molecule has 0 bridgehead atoms. The third kappa shape index (κ3) is 1.46. The van der Waals surface area contributed by atoms with Gasteiger partial charge in [-0.15, -0.1) is 0 Å². The van der Waals surface area contributed by atoms with Crippen molar-refractivity contribution in [3.63, 3.8) is 0 Å². The van der Waals surface area contributed by atoms with Crippen LogP contribution in [0.3, 0.4) is 0 Å². The number of aliphatic hydroxyl groups is 1. The highest BCUT2D eigenvalue weighted by Gasteiger charge is 2.43. The number of hydrogen-bond donors (Lipinski definition) is 1. The summed E-state index contributed by atoms with van der Waals surface area (Å²) >= 11 is 0. The highest BCUT2D eigenvalue weighted by Crippen LogP contribution is 2.46. The third-order valence-electron chi connectivity index (χ3n) is 3.61. The van der Waals surface area contributed by atoms with Crippen LogP contribution in [0.1, 0.15) is 32.6 Å². The van der Waals surface area contributed by atoms with Crippen molar-refractivity contribution in [1.29, 1.82) is 0 Å². The predicted molar refractivity (Wildman–Crippen MR) is 54.4 cm³/mol. The first kappa shape index (κ1) is 9.01. The SMILES string of the molecule is C=C1CCC=C[C@@H]2[C@@H]1CC[C@]2(C)O. The molecule has 3 atom stereocenters. The van der Waals surface area contributed by atoms with E-state index in [1.54, 1.807) is 0 Å². The van der Waals surface area contributed by atoms with Crippen molar-refractivity contribution in [3.8, 4) is 0 Å². The molecule has 1 N–H and O–H groups in total. The zero-order valence-corrected chi connectivity index (χ0v) is 8.29. The van der Waals surface area contributed by atoms with Crippen LogP contribution in [0.4, 0.5) is 0 Å². The summed E-state index contributed by atoms with van der Waals surface area (Å²) in [5, 5.41) is 10.1. The second-order valence-electron chi connectivity index (χ2n) is 4.65. The van der Waals surface area contributed by atoms with Gasteiger partial charge in [-0.3, -0.25) is 0 Å². The molecule has 0 aromatic rings. The molecule has 13 heavy (non-hydrogen) atoms. The van der Waals surface area contributed by atoms with E-state index in [9.17, 15) is 5.11 Å². The van der Waals surface area contributed by atoms with E-state index < -0.39 is 5.60 Å². The lowest BCUT2D eigenvalue weighted by Crippen LogP contribution is -2.30. The van der Waals surface area contributed by atoms with Gasteiger partial charge in [-0.05, 0) is 38.5 Å². The van der Waals surface area contributed by atoms with E-state index in [0.29, 0.717) is 11.8 Å². The lowest BCUT2D eigenvalue weighted by atomic mass is 9.84. The number of allylic oxidation sites excluding steroid dienone is 2. The highest BCUT2D eigenvalue weighted by atomic mass is 16.3.